The van der Waals surface area contributed by atoms with Crippen LogP contribution in [0.3, 0.4) is 0 Å². The molecule has 1 aliphatic carbocycles. The molecule has 2 heterocycles. The van der Waals surface area contributed by atoms with Crippen LogP contribution in [-0.4, -0.2) is 10.2 Å². The molecule has 2 aromatic carbocycles. The molecule has 6 nitrogen and oxygen atoms in total. The maximum absolute atomic E-state index is 13.1. The van der Waals surface area contributed by atoms with Crippen molar-refractivity contribution in [2.75, 3.05) is 0 Å². The number of allylic oxidation sites excluding steroid dienone is 5. The van der Waals surface area contributed by atoms with Crippen LogP contribution >= 0.6 is 0 Å². The Labute approximate surface area is 181 Å². The van der Waals surface area contributed by atoms with Gasteiger partial charge in [0.05, 0.1) is 27.8 Å². The number of fused-ring (bicyclic) bond motifs is 2. The largest absolute Gasteiger partial charge is 0.507 e. The fourth-order valence-electron chi connectivity index (χ4n) is 3.95. The summed E-state index contributed by atoms with van der Waals surface area (Å²) < 4.78 is 10.9. The first-order valence-electron chi connectivity index (χ1n) is 9.85. The summed E-state index contributed by atoms with van der Waals surface area (Å²) in [6.07, 6.45) is 8.27. The zero-order valence-electron chi connectivity index (χ0n) is 16.6. The molecule has 6 heteroatoms. The van der Waals surface area contributed by atoms with Crippen LogP contribution in [0.25, 0.3) is 21.9 Å². The van der Waals surface area contributed by atoms with Crippen LogP contribution in [0.5, 0.6) is 11.5 Å². The van der Waals surface area contributed by atoms with E-state index in [-0.39, 0.29) is 33.8 Å². The van der Waals surface area contributed by atoms with E-state index in [4.69, 9.17) is 8.83 Å². The molecule has 0 bridgehead atoms. The van der Waals surface area contributed by atoms with Crippen molar-refractivity contribution in [3.63, 3.8) is 0 Å². The van der Waals surface area contributed by atoms with E-state index in [1.807, 2.05) is 0 Å². The van der Waals surface area contributed by atoms with Crippen molar-refractivity contribution in [1.29, 1.82) is 0 Å². The molecule has 0 aliphatic heterocycles. The minimum atomic E-state index is -1.16. The molecule has 0 fully saturated rings. The molecule has 2 aromatic heterocycles. The summed E-state index contributed by atoms with van der Waals surface area (Å²) in [6.45, 7) is 0. The van der Waals surface area contributed by atoms with Gasteiger partial charge in [0.15, 0.2) is 0 Å². The quantitative estimate of drug-likeness (QED) is 0.367. The van der Waals surface area contributed by atoms with Gasteiger partial charge in [-0.05, 0) is 42.0 Å². The Bertz CT molecular complexity index is 1530. The van der Waals surface area contributed by atoms with Gasteiger partial charge in [-0.2, -0.15) is 0 Å². The van der Waals surface area contributed by atoms with Crippen LogP contribution in [0.2, 0.25) is 0 Å². The van der Waals surface area contributed by atoms with Gasteiger partial charge in [-0.1, -0.05) is 42.5 Å². The van der Waals surface area contributed by atoms with Crippen LogP contribution in [0, 0.1) is 0 Å². The summed E-state index contributed by atoms with van der Waals surface area (Å²) in [5, 5.41) is 22.8. The number of benzene rings is 2. The van der Waals surface area contributed by atoms with Gasteiger partial charge < -0.3 is 19.0 Å². The van der Waals surface area contributed by atoms with Gasteiger partial charge in [0.2, 0.25) is 0 Å². The molecule has 0 radical (unpaired) electrons. The summed E-state index contributed by atoms with van der Waals surface area (Å²) in [7, 11) is 0. The SMILES string of the molecule is O=c1oc2ccccc2c(O)c1C(C1=CC=C=CC=C1)c1c(O)c2ccccc2oc1=O. The van der Waals surface area contributed by atoms with Crippen molar-refractivity contribution < 1.29 is 19.0 Å². The highest BCUT2D eigenvalue weighted by molar-refractivity contribution is 5.87. The van der Waals surface area contributed by atoms with Gasteiger partial charge >= 0.3 is 11.3 Å². The molecule has 0 saturated carbocycles. The molecule has 4 aromatic rings. The van der Waals surface area contributed by atoms with E-state index in [1.54, 1.807) is 78.9 Å². The lowest BCUT2D eigenvalue weighted by Crippen LogP contribution is -2.21. The van der Waals surface area contributed by atoms with Gasteiger partial charge in [0.25, 0.3) is 0 Å². The van der Waals surface area contributed by atoms with Crippen molar-refractivity contribution in [2.45, 2.75) is 5.92 Å². The van der Waals surface area contributed by atoms with E-state index in [1.165, 1.54) is 0 Å². The number of rotatable bonds is 3. The minimum absolute atomic E-state index is 0.173. The van der Waals surface area contributed by atoms with Crippen molar-refractivity contribution in [3.05, 3.63) is 122 Å². The van der Waals surface area contributed by atoms with E-state index >= 15 is 0 Å². The van der Waals surface area contributed by atoms with Crippen molar-refractivity contribution in [1.82, 2.24) is 0 Å². The Hall–Kier alpha value is -4.54. The highest BCUT2D eigenvalue weighted by Gasteiger charge is 2.32. The second-order valence-electron chi connectivity index (χ2n) is 7.25. The van der Waals surface area contributed by atoms with Crippen molar-refractivity contribution in [2.24, 2.45) is 0 Å². The Morgan fingerprint density at radius 2 is 1.28 bits per heavy atom. The van der Waals surface area contributed by atoms with Crippen LogP contribution in [0.15, 0.2) is 109 Å². The highest BCUT2D eigenvalue weighted by Crippen LogP contribution is 2.42. The van der Waals surface area contributed by atoms with Gasteiger partial charge in [0.1, 0.15) is 22.7 Å². The third kappa shape index (κ3) is 3.07. The number of hydrogen-bond acceptors (Lipinski definition) is 6. The van der Waals surface area contributed by atoms with E-state index in [0.717, 1.165) is 0 Å². The zero-order chi connectivity index (χ0) is 22.2. The predicted molar refractivity (Wildman–Crippen MR) is 120 cm³/mol. The first kappa shape index (κ1) is 19.4. The predicted octanol–water partition coefficient (Wildman–Crippen LogP) is 4.65. The van der Waals surface area contributed by atoms with E-state index in [0.29, 0.717) is 16.3 Å². The van der Waals surface area contributed by atoms with Crippen molar-refractivity contribution >= 4 is 21.9 Å². The highest BCUT2D eigenvalue weighted by atomic mass is 16.4. The summed E-state index contributed by atoms with van der Waals surface area (Å²) >= 11 is 0. The average molecular weight is 424 g/mol. The Morgan fingerprint density at radius 1 is 0.750 bits per heavy atom. The third-order valence-electron chi connectivity index (χ3n) is 5.40. The molecular formula is C26H16O6. The van der Waals surface area contributed by atoms with Crippen LogP contribution in [0.4, 0.5) is 0 Å². The Kier molecular flexibility index (Phi) is 4.62. The van der Waals surface area contributed by atoms with Crippen molar-refractivity contribution in [3.8, 4) is 11.5 Å². The third-order valence-corrected chi connectivity index (χ3v) is 5.40. The zero-order valence-corrected chi connectivity index (χ0v) is 16.6. The topological polar surface area (TPSA) is 101 Å². The summed E-state index contributed by atoms with van der Waals surface area (Å²) in [5.41, 5.74) is 1.79. The summed E-state index contributed by atoms with van der Waals surface area (Å²) in [5.74, 6) is -1.81. The van der Waals surface area contributed by atoms with Gasteiger partial charge in [-0.15, -0.1) is 5.73 Å². The fourth-order valence-corrected chi connectivity index (χ4v) is 3.95. The number of para-hydroxylation sites is 2. The molecule has 1 aliphatic rings. The lowest BCUT2D eigenvalue weighted by atomic mass is 9.84. The van der Waals surface area contributed by atoms with E-state index < -0.39 is 17.2 Å². The molecule has 0 atom stereocenters. The molecular weight excluding hydrogens is 408 g/mol. The Balaban J connectivity index is 1.90. The lowest BCUT2D eigenvalue weighted by molar-refractivity contribution is 0.441. The van der Waals surface area contributed by atoms with Gasteiger partial charge in [-0.3, -0.25) is 0 Å². The molecule has 0 spiro atoms. The average Bonchev–Trinajstić information content (AvgIpc) is 3.07. The summed E-state index contributed by atoms with van der Waals surface area (Å²) in [4.78, 5) is 26.1. The van der Waals surface area contributed by atoms with Crippen LogP contribution in [-0.2, 0) is 0 Å². The number of aromatic hydroxyl groups is 2. The smallest absolute Gasteiger partial charge is 0.344 e. The lowest BCUT2D eigenvalue weighted by Gasteiger charge is -2.20. The Morgan fingerprint density at radius 3 is 1.84 bits per heavy atom. The monoisotopic (exact) mass is 424 g/mol. The maximum Gasteiger partial charge on any atom is 0.344 e. The van der Waals surface area contributed by atoms with Crippen LogP contribution < -0.4 is 11.3 Å². The molecule has 0 unspecified atom stereocenters. The second kappa shape index (κ2) is 7.61. The van der Waals surface area contributed by atoms with E-state index in [9.17, 15) is 19.8 Å². The first-order chi connectivity index (χ1) is 15.6. The standard InChI is InChI=1S/C26H16O6/c27-23-16-11-5-7-13-18(16)31-25(29)21(23)20(15-9-3-1-2-4-10-15)22-24(28)17-12-6-8-14-19(17)32-26(22)30/h1,3-14,20,27-28H. The van der Waals surface area contributed by atoms with Gasteiger partial charge in [0, 0.05) is 0 Å². The normalized spacial score (nSPS) is 13.1. The number of hydrogen-bond donors (Lipinski definition) is 2. The molecule has 0 saturated heterocycles. The molecule has 5 rings (SSSR count). The van der Waals surface area contributed by atoms with Gasteiger partial charge in [-0.25, -0.2) is 9.59 Å². The second-order valence-corrected chi connectivity index (χ2v) is 7.25. The maximum atomic E-state index is 13.1. The minimum Gasteiger partial charge on any atom is -0.507 e. The van der Waals surface area contributed by atoms with E-state index in [2.05, 4.69) is 5.73 Å². The molecule has 156 valence electrons. The molecule has 0 amide bonds. The molecule has 32 heavy (non-hydrogen) atoms. The first-order valence-corrected chi connectivity index (χ1v) is 9.85. The fraction of sp³-hybridized carbons (Fsp3) is 0.0385. The van der Waals surface area contributed by atoms with Crippen LogP contribution in [0.1, 0.15) is 17.0 Å². The molecule has 2 N–H and O–H groups in total. The summed E-state index contributed by atoms with van der Waals surface area (Å²) in [6, 6.07) is 13.1.